The monoisotopic (exact) mass is 421 g/mol. The van der Waals surface area contributed by atoms with Gasteiger partial charge < -0.3 is 28.6 Å². The molecule has 2 aromatic carbocycles. The number of piperidine rings is 1. The van der Waals surface area contributed by atoms with Crippen LogP contribution >= 0.6 is 0 Å². The van der Waals surface area contributed by atoms with E-state index in [1.807, 2.05) is 41.3 Å². The number of amides is 1. The van der Waals surface area contributed by atoms with Crippen molar-refractivity contribution in [3.8, 4) is 17.2 Å². The molecular formula is C24H23NO6. The minimum atomic E-state index is -0.995. The van der Waals surface area contributed by atoms with Crippen molar-refractivity contribution in [2.24, 2.45) is 0 Å². The van der Waals surface area contributed by atoms with Gasteiger partial charge in [-0.3, -0.25) is 4.79 Å². The second-order valence-electron chi connectivity index (χ2n) is 8.62. The van der Waals surface area contributed by atoms with Gasteiger partial charge in [-0.2, -0.15) is 0 Å². The summed E-state index contributed by atoms with van der Waals surface area (Å²) in [5, 5.41) is 12.4. The number of nitrogens with zero attached hydrogens (tertiary/aromatic N) is 1. The standard InChI is InChI=1S/C24H23NO6/c1-28-18-5-7-19-14(8-18)9-22(31-19)23(26)25-16-3-4-17(25)12-24(27,11-16)15-2-6-20-21(10-15)30-13-29-20/h2,5-10,16-17,27H,3-4,11-13H2,1H3/t16-,17-/m0/s1. The van der Waals surface area contributed by atoms with Gasteiger partial charge >= 0.3 is 0 Å². The van der Waals surface area contributed by atoms with E-state index < -0.39 is 5.60 Å². The van der Waals surface area contributed by atoms with Gasteiger partial charge in [0.25, 0.3) is 5.91 Å². The van der Waals surface area contributed by atoms with Crippen LogP contribution in [0.5, 0.6) is 17.2 Å². The zero-order valence-corrected chi connectivity index (χ0v) is 17.2. The molecule has 1 aromatic heterocycles. The molecule has 2 bridgehead atoms. The number of rotatable bonds is 3. The number of benzene rings is 2. The highest BCUT2D eigenvalue weighted by molar-refractivity contribution is 5.97. The third kappa shape index (κ3) is 2.87. The van der Waals surface area contributed by atoms with Gasteiger partial charge in [-0.25, -0.2) is 0 Å². The van der Waals surface area contributed by atoms with Gasteiger partial charge in [-0.05, 0) is 54.8 Å². The Kier molecular flexibility index (Phi) is 3.99. The zero-order chi connectivity index (χ0) is 21.2. The smallest absolute Gasteiger partial charge is 0.290 e. The van der Waals surface area contributed by atoms with Gasteiger partial charge in [0.1, 0.15) is 11.3 Å². The molecule has 0 saturated carbocycles. The lowest BCUT2D eigenvalue weighted by molar-refractivity contribution is -0.0486. The van der Waals surface area contributed by atoms with E-state index in [0.29, 0.717) is 35.7 Å². The number of carbonyl (C=O) groups excluding carboxylic acids is 1. The van der Waals surface area contributed by atoms with Crippen molar-refractivity contribution in [3.63, 3.8) is 0 Å². The second-order valence-corrected chi connectivity index (χ2v) is 8.62. The Labute approximate surface area is 179 Å². The Morgan fingerprint density at radius 1 is 1.06 bits per heavy atom. The summed E-state index contributed by atoms with van der Waals surface area (Å²) in [6.45, 7) is 0.202. The van der Waals surface area contributed by atoms with Crippen molar-refractivity contribution in [1.82, 2.24) is 4.90 Å². The van der Waals surface area contributed by atoms with Crippen molar-refractivity contribution in [2.75, 3.05) is 13.9 Å². The summed E-state index contributed by atoms with van der Waals surface area (Å²) < 4.78 is 22.0. The first kappa shape index (κ1) is 18.6. The molecule has 4 heterocycles. The third-order valence-corrected chi connectivity index (χ3v) is 6.85. The Balaban J connectivity index is 1.27. The molecule has 31 heavy (non-hydrogen) atoms. The van der Waals surface area contributed by atoms with Crippen LogP contribution in [0.15, 0.2) is 46.9 Å². The number of methoxy groups -OCH3 is 1. The van der Waals surface area contributed by atoms with E-state index in [1.54, 1.807) is 13.2 Å². The van der Waals surface area contributed by atoms with Crippen LogP contribution in [0.4, 0.5) is 0 Å². The van der Waals surface area contributed by atoms with Crippen molar-refractivity contribution >= 4 is 16.9 Å². The molecule has 0 spiro atoms. The van der Waals surface area contributed by atoms with E-state index in [9.17, 15) is 9.90 Å². The van der Waals surface area contributed by atoms with Crippen LogP contribution in [0.25, 0.3) is 11.0 Å². The average Bonchev–Trinajstić information content (AvgIpc) is 3.48. The summed E-state index contributed by atoms with van der Waals surface area (Å²) in [5.74, 6) is 2.29. The lowest BCUT2D eigenvalue weighted by Gasteiger charge is -2.43. The molecule has 7 heteroatoms. The molecule has 0 unspecified atom stereocenters. The SMILES string of the molecule is COc1ccc2oc(C(=O)N3[C@H]4CC[C@H]3CC(O)(c3ccc5c(c3)OCO5)C4)cc2c1. The Bertz CT molecular complexity index is 1170. The molecule has 2 atom stereocenters. The Morgan fingerprint density at radius 2 is 1.84 bits per heavy atom. The highest BCUT2D eigenvalue weighted by Crippen LogP contribution is 2.48. The number of hydrogen-bond acceptors (Lipinski definition) is 6. The highest BCUT2D eigenvalue weighted by Gasteiger charge is 2.50. The lowest BCUT2D eigenvalue weighted by Crippen LogP contribution is -2.51. The Morgan fingerprint density at radius 3 is 2.61 bits per heavy atom. The molecule has 2 saturated heterocycles. The van der Waals surface area contributed by atoms with Crippen LogP contribution in [0, 0.1) is 0 Å². The molecule has 6 rings (SSSR count). The van der Waals surface area contributed by atoms with Crippen LogP contribution in [-0.2, 0) is 5.60 Å². The van der Waals surface area contributed by atoms with Crippen molar-refractivity contribution in [1.29, 1.82) is 0 Å². The van der Waals surface area contributed by atoms with Crippen LogP contribution in [0.3, 0.4) is 0 Å². The molecule has 160 valence electrons. The number of hydrogen-bond donors (Lipinski definition) is 1. The molecule has 3 aromatic rings. The summed E-state index contributed by atoms with van der Waals surface area (Å²) in [4.78, 5) is 15.3. The van der Waals surface area contributed by atoms with Crippen LogP contribution in [-0.4, -0.2) is 41.9 Å². The van der Waals surface area contributed by atoms with E-state index in [0.717, 1.165) is 29.5 Å². The summed E-state index contributed by atoms with van der Waals surface area (Å²) in [6, 6.07) is 12.8. The number of aliphatic hydroxyl groups is 1. The first-order valence-corrected chi connectivity index (χ1v) is 10.6. The van der Waals surface area contributed by atoms with Crippen molar-refractivity contribution < 1.29 is 28.5 Å². The van der Waals surface area contributed by atoms with Gasteiger partial charge in [0.15, 0.2) is 17.3 Å². The summed E-state index contributed by atoms with van der Waals surface area (Å²) in [7, 11) is 1.61. The fourth-order valence-corrected chi connectivity index (χ4v) is 5.36. The predicted molar refractivity (Wildman–Crippen MR) is 111 cm³/mol. The highest BCUT2D eigenvalue weighted by atomic mass is 16.7. The van der Waals surface area contributed by atoms with Gasteiger partial charge in [-0.15, -0.1) is 0 Å². The van der Waals surface area contributed by atoms with Gasteiger partial charge in [0.2, 0.25) is 6.79 Å². The van der Waals surface area contributed by atoms with E-state index >= 15 is 0 Å². The van der Waals surface area contributed by atoms with Gasteiger partial charge in [0.05, 0.1) is 12.7 Å². The molecule has 3 aliphatic heterocycles. The lowest BCUT2D eigenvalue weighted by atomic mass is 9.80. The van der Waals surface area contributed by atoms with Crippen LogP contribution in [0.1, 0.15) is 41.8 Å². The largest absolute Gasteiger partial charge is 0.497 e. The molecule has 0 aliphatic carbocycles. The van der Waals surface area contributed by atoms with Crippen LogP contribution < -0.4 is 14.2 Å². The minimum Gasteiger partial charge on any atom is -0.497 e. The van der Waals surface area contributed by atoms with E-state index in [-0.39, 0.29) is 24.8 Å². The van der Waals surface area contributed by atoms with E-state index in [1.165, 1.54) is 0 Å². The first-order valence-electron chi connectivity index (χ1n) is 10.6. The number of carbonyl (C=O) groups is 1. The normalized spacial score (nSPS) is 26.5. The average molecular weight is 421 g/mol. The number of furan rings is 1. The zero-order valence-electron chi connectivity index (χ0n) is 17.2. The summed E-state index contributed by atoms with van der Waals surface area (Å²) in [5.41, 5.74) is 0.479. The molecule has 1 amide bonds. The molecule has 3 aliphatic rings. The van der Waals surface area contributed by atoms with Crippen molar-refractivity contribution in [3.05, 3.63) is 53.8 Å². The fraction of sp³-hybridized carbons (Fsp3) is 0.375. The van der Waals surface area contributed by atoms with Gasteiger partial charge in [-0.1, -0.05) is 6.07 Å². The molecule has 0 radical (unpaired) electrons. The minimum absolute atomic E-state index is 0.0376. The molecule has 2 fully saturated rings. The number of ether oxygens (including phenoxy) is 3. The maximum atomic E-state index is 13.4. The second kappa shape index (κ2) is 6.65. The topological polar surface area (TPSA) is 81.4 Å². The van der Waals surface area contributed by atoms with E-state index in [2.05, 4.69) is 0 Å². The summed E-state index contributed by atoms with van der Waals surface area (Å²) >= 11 is 0. The molecule has 1 N–H and O–H groups in total. The number of fused-ring (bicyclic) bond motifs is 4. The Hall–Kier alpha value is -3.19. The van der Waals surface area contributed by atoms with Crippen LogP contribution in [0.2, 0.25) is 0 Å². The maximum absolute atomic E-state index is 13.4. The molecular weight excluding hydrogens is 398 g/mol. The quantitative estimate of drug-likeness (QED) is 0.692. The first-order chi connectivity index (χ1) is 15.0. The maximum Gasteiger partial charge on any atom is 0.290 e. The van der Waals surface area contributed by atoms with Gasteiger partial charge in [0, 0.05) is 30.3 Å². The van der Waals surface area contributed by atoms with E-state index in [4.69, 9.17) is 18.6 Å². The predicted octanol–water partition coefficient (Wildman–Crippen LogP) is 3.82. The summed E-state index contributed by atoms with van der Waals surface area (Å²) in [6.07, 6.45) is 2.72. The molecule has 7 nitrogen and oxygen atoms in total. The third-order valence-electron chi connectivity index (χ3n) is 6.85. The van der Waals surface area contributed by atoms with Crippen molar-refractivity contribution in [2.45, 2.75) is 43.4 Å². The fourth-order valence-electron chi connectivity index (χ4n) is 5.36.